The van der Waals surface area contributed by atoms with Crippen molar-refractivity contribution in [3.63, 3.8) is 0 Å². The van der Waals surface area contributed by atoms with Crippen molar-refractivity contribution in [2.45, 2.75) is 13.8 Å². The van der Waals surface area contributed by atoms with E-state index in [9.17, 15) is 9.59 Å². The summed E-state index contributed by atoms with van der Waals surface area (Å²) in [5, 5.41) is 4.32. The summed E-state index contributed by atoms with van der Waals surface area (Å²) in [6, 6.07) is 3.51. The van der Waals surface area contributed by atoms with Crippen LogP contribution in [-0.4, -0.2) is 34.8 Å². The minimum atomic E-state index is -0.302. The van der Waals surface area contributed by atoms with Crippen LogP contribution >= 0.6 is 11.3 Å². The zero-order chi connectivity index (χ0) is 14.5. The Balaban J connectivity index is 2.06. The zero-order valence-corrected chi connectivity index (χ0v) is 12.1. The van der Waals surface area contributed by atoms with Crippen molar-refractivity contribution in [1.29, 1.82) is 0 Å². The van der Waals surface area contributed by atoms with Crippen LogP contribution in [0.4, 0.5) is 6.01 Å². The molecule has 0 saturated heterocycles. The Morgan fingerprint density at radius 2 is 2.15 bits per heavy atom. The number of hydrogen-bond acceptors (Lipinski definition) is 5. The number of nitrogens with one attached hydrogen (secondary N) is 1. The van der Waals surface area contributed by atoms with Gasteiger partial charge in [0.25, 0.3) is 11.8 Å². The fourth-order valence-corrected chi connectivity index (χ4v) is 2.29. The van der Waals surface area contributed by atoms with Crippen molar-refractivity contribution >= 4 is 29.2 Å². The molecule has 0 radical (unpaired) electrons. The molecule has 0 atom stereocenters. The van der Waals surface area contributed by atoms with Crippen molar-refractivity contribution in [1.82, 2.24) is 9.88 Å². The second-order valence-corrected chi connectivity index (χ2v) is 4.89. The Morgan fingerprint density at radius 1 is 1.40 bits per heavy atom. The summed E-state index contributed by atoms with van der Waals surface area (Å²) in [6.45, 7) is 4.97. The lowest BCUT2D eigenvalue weighted by Gasteiger charge is -2.16. The lowest BCUT2D eigenvalue weighted by molar-refractivity contribution is 0.0767. The summed E-state index contributed by atoms with van der Waals surface area (Å²) < 4.78 is 5.11. The van der Waals surface area contributed by atoms with Gasteiger partial charge in [0, 0.05) is 13.1 Å². The van der Waals surface area contributed by atoms with E-state index in [4.69, 9.17) is 4.42 Å². The maximum Gasteiger partial charge on any atom is 0.302 e. The first-order valence-electron chi connectivity index (χ1n) is 6.25. The van der Waals surface area contributed by atoms with Crippen LogP contribution in [0, 0.1) is 0 Å². The highest BCUT2D eigenvalue weighted by Crippen LogP contribution is 2.14. The van der Waals surface area contributed by atoms with Gasteiger partial charge in [0.05, 0.1) is 4.88 Å². The molecule has 1 N–H and O–H groups in total. The molecule has 0 aliphatic rings. The van der Waals surface area contributed by atoms with E-state index in [1.807, 2.05) is 13.8 Å². The normalized spacial score (nSPS) is 10.3. The molecule has 20 heavy (non-hydrogen) atoms. The van der Waals surface area contributed by atoms with Crippen LogP contribution in [0.5, 0.6) is 0 Å². The molecule has 2 rings (SSSR count). The van der Waals surface area contributed by atoms with Crippen LogP contribution < -0.4 is 5.32 Å². The van der Waals surface area contributed by atoms with Gasteiger partial charge in [-0.2, -0.15) is 4.98 Å². The molecule has 0 bridgehead atoms. The average Bonchev–Trinajstić information content (AvgIpc) is 3.11. The molecule has 0 aliphatic heterocycles. The van der Waals surface area contributed by atoms with Crippen molar-refractivity contribution in [2.75, 3.05) is 18.4 Å². The number of carbonyl (C=O) groups is 2. The predicted octanol–water partition coefficient (Wildman–Crippen LogP) is 2.47. The zero-order valence-electron chi connectivity index (χ0n) is 11.3. The first-order chi connectivity index (χ1) is 9.65. The third-order valence-corrected chi connectivity index (χ3v) is 3.61. The molecule has 7 heteroatoms. The largest absolute Gasteiger partial charge is 0.431 e. The van der Waals surface area contributed by atoms with Gasteiger partial charge in [-0.3, -0.25) is 14.9 Å². The molecule has 0 aromatic carbocycles. The molecule has 0 aliphatic carbocycles. The summed E-state index contributed by atoms with van der Waals surface area (Å²) in [7, 11) is 0. The van der Waals surface area contributed by atoms with Crippen LogP contribution in [-0.2, 0) is 0 Å². The second-order valence-electron chi connectivity index (χ2n) is 3.95. The van der Waals surface area contributed by atoms with Gasteiger partial charge in [0.15, 0.2) is 5.69 Å². The molecule has 2 heterocycles. The number of amides is 2. The Morgan fingerprint density at radius 3 is 2.75 bits per heavy atom. The van der Waals surface area contributed by atoms with Gasteiger partial charge in [-0.1, -0.05) is 6.07 Å². The summed E-state index contributed by atoms with van der Waals surface area (Å²) >= 11 is 1.32. The Kier molecular flexibility index (Phi) is 4.52. The molecular formula is C13H15N3O3S. The molecule has 2 amide bonds. The SMILES string of the molecule is CCN(CC)C(=O)c1coc(NC(=O)c2cccs2)n1. The molecular weight excluding hydrogens is 278 g/mol. The highest BCUT2D eigenvalue weighted by molar-refractivity contribution is 7.12. The minimum Gasteiger partial charge on any atom is -0.431 e. The molecule has 6 nitrogen and oxygen atoms in total. The van der Waals surface area contributed by atoms with E-state index < -0.39 is 0 Å². The predicted molar refractivity (Wildman–Crippen MR) is 76.0 cm³/mol. The van der Waals surface area contributed by atoms with Crippen molar-refractivity contribution in [3.8, 4) is 0 Å². The minimum absolute atomic E-state index is 0.0268. The number of carbonyl (C=O) groups excluding carboxylic acids is 2. The summed E-state index contributed by atoms with van der Waals surface area (Å²) in [4.78, 5) is 30.0. The number of rotatable bonds is 5. The number of nitrogens with zero attached hydrogens (tertiary/aromatic N) is 2. The molecule has 2 aromatic rings. The second kappa shape index (κ2) is 6.33. The van der Waals surface area contributed by atoms with Gasteiger partial charge >= 0.3 is 6.01 Å². The third kappa shape index (κ3) is 3.05. The topological polar surface area (TPSA) is 75.4 Å². The van der Waals surface area contributed by atoms with E-state index in [0.717, 1.165) is 0 Å². The van der Waals surface area contributed by atoms with E-state index >= 15 is 0 Å². The molecule has 106 valence electrons. The maximum atomic E-state index is 12.0. The number of anilines is 1. The van der Waals surface area contributed by atoms with Crippen LogP contribution in [0.25, 0.3) is 0 Å². The highest BCUT2D eigenvalue weighted by atomic mass is 32.1. The van der Waals surface area contributed by atoms with Crippen LogP contribution in [0.15, 0.2) is 28.2 Å². The molecule has 0 saturated carbocycles. The monoisotopic (exact) mass is 293 g/mol. The quantitative estimate of drug-likeness (QED) is 0.919. The van der Waals surface area contributed by atoms with Crippen molar-refractivity contribution < 1.29 is 14.0 Å². The van der Waals surface area contributed by atoms with Gasteiger partial charge in [0.2, 0.25) is 0 Å². The van der Waals surface area contributed by atoms with Gasteiger partial charge in [-0.25, -0.2) is 0 Å². The molecule has 0 spiro atoms. The third-order valence-electron chi connectivity index (χ3n) is 2.74. The van der Waals surface area contributed by atoms with E-state index in [1.165, 1.54) is 17.6 Å². The van der Waals surface area contributed by atoms with E-state index in [0.29, 0.717) is 18.0 Å². The molecule has 0 unspecified atom stereocenters. The Labute approximate surface area is 120 Å². The average molecular weight is 293 g/mol. The smallest absolute Gasteiger partial charge is 0.302 e. The van der Waals surface area contributed by atoms with Gasteiger partial charge in [0.1, 0.15) is 6.26 Å². The van der Waals surface area contributed by atoms with Crippen LogP contribution in [0.2, 0.25) is 0 Å². The summed E-state index contributed by atoms with van der Waals surface area (Å²) in [5.41, 5.74) is 0.190. The molecule has 0 fully saturated rings. The van der Waals surface area contributed by atoms with Crippen molar-refractivity contribution in [2.24, 2.45) is 0 Å². The number of thiophene rings is 1. The van der Waals surface area contributed by atoms with Crippen LogP contribution in [0.1, 0.15) is 34.0 Å². The lowest BCUT2D eigenvalue weighted by atomic mass is 10.4. The maximum absolute atomic E-state index is 12.0. The number of oxazole rings is 1. The Bertz CT molecular complexity index is 588. The Hall–Kier alpha value is -2.15. The standard InChI is InChI=1S/C13H15N3O3S/c1-3-16(4-2)12(18)9-8-19-13(14-9)15-11(17)10-6-5-7-20-10/h5-8H,3-4H2,1-2H3,(H,14,15,17). The van der Waals surface area contributed by atoms with Crippen molar-refractivity contribution in [3.05, 3.63) is 34.3 Å². The van der Waals surface area contributed by atoms with E-state index in [1.54, 1.807) is 22.4 Å². The van der Waals surface area contributed by atoms with E-state index in [-0.39, 0.29) is 23.5 Å². The first kappa shape index (κ1) is 14.3. The number of aromatic nitrogens is 1. The molecule has 2 aromatic heterocycles. The van der Waals surface area contributed by atoms with Crippen LogP contribution in [0.3, 0.4) is 0 Å². The van der Waals surface area contributed by atoms with E-state index in [2.05, 4.69) is 10.3 Å². The first-order valence-corrected chi connectivity index (χ1v) is 7.13. The van der Waals surface area contributed by atoms with Gasteiger partial charge in [-0.05, 0) is 25.3 Å². The highest BCUT2D eigenvalue weighted by Gasteiger charge is 2.18. The summed E-state index contributed by atoms with van der Waals surface area (Å²) in [6.07, 6.45) is 1.25. The summed E-state index contributed by atoms with van der Waals surface area (Å²) in [5.74, 6) is -0.515. The fourth-order valence-electron chi connectivity index (χ4n) is 1.67. The lowest BCUT2D eigenvalue weighted by Crippen LogP contribution is -2.30. The number of hydrogen-bond donors (Lipinski definition) is 1. The fraction of sp³-hybridized carbons (Fsp3) is 0.308. The van der Waals surface area contributed by atoms with Gasteiger partial charge in [-0.15, -0.1) is 11.3 Å². The van der Waals surface area contributed by atoms with Gasteiger partial charge < -0.3 is 9.32 Å².